The van der Waals surface area contributed by atoms with Crippen LogP contribution in [0.5, 0.6) is 5.75 Å². The number of carbonyl (C=O) groups is 1. The maximum Gasteiger partial charge on any atom is 0.264 e. The standard InChI is InChI=1S/C24H23N3O2S/c1-29-20-9-7-19(8-10-20)22(17-25)26-12-14-27(15-13-26)24(28)23-21(11-16-30-23)18-5-3-2-4-6-18/h2-11,16,22H,12-15H2,1H3. The summed E-state index contributed by atoms with van der Waals surface area (Å²) in [4.78, 5) is 18.0. The Bertz CT molecular complexity index is 1030. The van der Waals surface area contributed by atoms with Crippen molar-refractivity contribution in [3.8, 4) is 22.9 Å². The first-order chi connectivity index (χ1) is 14.7. The van der Waals surface area contributed by atoms with E-state index in [1.807, 2.05) is 70.9 Å². The Labute approximate surface area is 180 Å². The Morgan fingerprint density at radius 2 is 1.73 bits per heavy atom. The third kappa shape index (κ3) is 4.09. The number of thiophene rings is 1. The van der Waals surface area contributed by atoms with Gasteiger partial charge in [0, 0.05) is 31.7 Å². The lowest BCUT2D eigenvalue weighted by Crippen LogP contribution is -2.49. The van der Waals surface area contributed by atoms with E-state index in [9.17, 15) is 10.1 Å². The van der Waals surface area contributed by atoms with Gasteiger partial charge in [-0.15, -0.1) is 11.3 Å². The second kappa shape index (κ2) is 9.12. The van der Waals surface area contributed by atoms with Gasteiger partial charge in [0.2, 0.25) is 0 Å². The molecule has 0 N–H and O–H groups in total. The molecule has 1 aliphatic rings. The molecular weight excluding hydrogens is 394 g/mol. The fourth-order valence-electron chi connectivity index (χ4n) is 3.80. The van der Waals surface area contributed by atoms with Gasteiger partial charge in [-0.05, 0) is 34.7 Å². The van der Waals surface area contributed by atoms with Crippen LogP contribution in [0, 0.1) is 11.3 Å². The van der Waals surface area contributed by atoms with Crippen molar-refractivity contribution in [3.63, 3.8) is 0 Å². The van der Waals surface area contributed by atoms with Gasteiger partial charge in [-0.1, -0.05) is 42.5 Å². The molecule has 2 heterocycles. The summed E-state index contributed by atoms with van der Waals surface area (Å²) in [5, 5.41) is 11.7. The summed E-state index contributed by atoms with van der Waals surface area (Å²) in [6.07, 6.45) is 0. The number of nitrogens with zero attached hydrogens (tertiary/aromatic N) is 3. The molecule has 0 spiro atoms. The van der Waals surface area contributed by atoms with E-state index in [4.69, 9.17) is 4.74 Å². The van der Waals surface area contributed by atoms with Crippen LogP contribution in [0.2, 0.25) is 0 Å². The summed E-state index contributed by atoms with van der Waals surface area (Å²) >= 11 is 1.49. The van der Waals surface area contributed by atoms with Gasteiger partial charge >= 0.3 is 0 Å². The molecule has 1 atom stereocenters. The van der Waals surface area contributed by atoms with Crippen molar-refractivity contribution >= 4 is 17.2 Å². The van der Waals surface area contributed by atoms with E-state index in [-0.39, 0.29) is 11.9 Å². The van der Waals surface area contributed by atoms with E-state index in [2.05, 4.69) is 11.0 Å². The lowest BCUT2D eigenvalue weighted by molar-refractivity contribution is 0.0611. The Balaban J connectivity index is 1.44. The minimum atomic E-state index is -0.324. The van der Waals surface area contributed by atoms with Crippen LogP contribution in [0.15, 0.2) is 66.0 Å². The summed E-state index contributed by atoms with van der Waals surface area (Å²) < 4.78 is 5.21. The molecule has 5 nitrogen and oxygen atoms in total. The zero-order valence-electron chi connectivity index (χ0n) is 16.8. The molecule has 30 heavy (non-hydrogen) atoms. The molecule has 2 aromatic carbocycles. The summed E-state index contributed by atoms with van der Waals surface area (Å²) in [6.45, 7) is 2.56. The van der Waals surface area contributed by atoms with Crippen LogP contribution in [0.25, 0.3) is 11.1 Å². The van der Waals surface area contributed by atoms with Gasteiger partial charge in [0.1, 0.15) is 11.8 Å². The fraction of sp³-hybridized carbons (Fsp3) is 0.250. The highest BCUT2D eigenvalue weighted by Gasteiger charge is 2.29. The first kappa shape index (κ1) is 20.1. The van der Waals surface area contributed by atoms with Gasteiger partial charge in [0.25, 0.3) is 5.91 Å². The number of amides is 1. The average Bonchev–Trinajstić information content (AvgIpc) is 3.30. The Morgan fingerprint density at radius 3 is 2.37 bits per heavy atom. The minimum Gasteiger partial charge on any atom is -0.497 e. The molecule has 1 saturated heterocycles. The molecular formula is C24H23N3O2S. The normalized spacial score (nSPS) is 15.4. The van der Waals surface area contributed by atoms with Gasteiger partial charge in [0.05, 0.1) is 18.1 Å². The molecule has 0 aliphatic carbocycles. The largest absolute Gasteiger partial charge is 0.497 e. The molecule has 3 aromatic rings. The quantitative estimate of drug-likeness (QED) is 0.616. The van der Waals surface area contributed by atoms with Gasteiger partial charge in [0.15, 0.2) is 0 Å². The minimum absolute atomic E-state index is 0.0708. The lowest BCUT2D eigenvalue weighted by atomic mass is 10.0. The van der Waals surface area contributed by atoms with Crippen molar-refractivity contribution in [2.75, 3.05) is 33.3 Å². The molecule has 1 unspecified atom stereocenters. The van der Waals surface area contributed by atoms with E-state index < -0.39 is 0 Å². The van der Waals surface area contributed by atoms with E-state index in [0.29, 0.717) is 26.2 Å². The van der Waals surface area contributed by atoms with Gasteiger partial charge in [-0.25, -0.2) is 0 Å². The molecule has 0 radical (unpaired) electrons. The lowest BCUT2D eigenvalue weighted by Gasteiger charge is -2.37. The number of hydrogen-bond donors (Lipinski definition) is 0. The second-order valence-corrected chi connectivity index (χ2v) is 8.08. The fourth-order valence-corrected chi connectivity index (χ4v) is 4.68. The third-order valence-corrected chi connectivity index (χ3v) is 6.37. The molecule has 1 aromatic heterocycles. The summed E-state index contributed by atoms with van der Waals surface area (Å²) in [5.41, 5.74) is 2.99. The topological polar surface area (TPSA) is 56.6 Å². The van der Waals surface area contributed by atoms with E-state index in [1.54, 1.807) is 7.11 Å². The molecule has 1 aliphatic heterocycles. The van der Waals surface area contributed by atoms with Gasteiger partial charge in [-0.2, -0.15) is 5.26 Å². The molecule has 6 heteroatoms. The third-order valence-electron chi connectivity index (χ3n) is 5.46. The van der Waals surface area contributed by atoms with Crippen molar-refractivity contribution in [2.45, 2.75) is 6.04 Å². The number of ether oxygens (including phenoxy) is 1. The van der Waals surface area contributed by atoms with Crippen molar-refractivity contribution in [3.05, 3.63) is 76.5 Å². The highest BCUT2D eigenvalue weighted by atomic mass is 32.1. The number of benzene rings is 2. The first-order valence-corrected chi connectivity index (χ1v) is 10.8. The molecule has 152 valence electrons. The van der Waals surface area contributed by atoms with Crippen molar-refractivity contribution in [1.82, 2.24) is 9.80 Å². The molecule has 0 saturated carbocycles. The second-order valence-electron chi connectivity index (χ2n) is 7.16. The Hall–Kier alpha value is -3.14. The zero-order chi connectivity index (χ0) is 20.9. The average molecular weight is 418 g/mol. The van der Waals surface area contributed by atoms with E-state index in [0.717, 1.165) is 27.3 Å². The number of rotatable bonds is 5. The Morgan fingerprint density at radius 1 is 1.03 bits per heavy atom. The number of piperazine rings is 1. The van der Waals surface area contributed by atoms with Crippen molar-refractivity contribution in [1.29, 1.82) is 5.26 Å². The van der Waals surface area contributed by atoms with Gasteiger partial charge < -0.3 is 9.64 Å². The number of methoxy groups -OCH3 is 1. The van der Waals surface area contributed by atoms with E-state index in [1.165, 1.54) is 11.3 Å². The van der Waals surface area contributed by atoms with E-state index >= 15 is 0 Å². The van der Waals surface area contributed by atoms with Crippen LogP contribution in [0.3, 0.4) is 0 Å². The smallest absolute Gasteiger partial charge is 0.264 e. The van der Waals surface area contributed by atoms with Crippen LogP contribution >= 0.6 is 11.3 Å². The maximum atomic E-state index is 13.2. The summed E-state index contributed by atoms with van der Waals surface area (Å²) in [7, 11) is 1.63. The molecule has 4 rings (SSSR count). The van der Waals surface area contributed by atoms with Crippen LogP contribution in [0.1, 0.15) is 21.3 Å². The zero-order valence-corrected chi connectivity index (χ0v) is 17.6. The maximum absolute atomic E-state index is 13.2. The monoisotopic (exact) mass is 417 g/mol. The number of hydrogen-bond acceptors (Lipinski definition) is 5. The highest BCUT2D eigenvalue weighted by Crippen LogP contribution is 2.30. The summed E-state index contributed by atoms with van der Waals surface area (Å²) in [6, 6.07) is 21.7. The number of nitriles is 1. The van der Waals surface area contributed by atoms with Gasteiger partial charge in [-0.3, -0.25) is 9.69 Å². The Kier molecular flexibility index (Phi) is 6.12. The first-order valence-electron chi connectivity index (χ1n) is 9.91. The van der Waals surface area contributed by atoms with Crippen LogP contribution in [-0.4, -0.2) is 49.0 Å². The van der Waals surface area contributed by atoms with Crippen LogP contribution in [-0.2, 0) is 0 Å². The summed E-state index contributed by atoms with van der Waals surface area (Å²) in [5.74, 6) is 0.845. The molecule has 1 fully saturated rings. The highest BCUT2D eigenvalue weighted by molar-refractivity contribution is 7.12. The molecule has 0 bridgehead atoms. The predicted molar refractivity (Wildman–Crippen MR) is 119 cm³/mol. The van der Waals surface area contributed by atoms with Crippen molar-refractivity contribution < 1.29 is 9.53 Å². The van der Waals surface area contributed by atoms with Crippen LogP contribution < -0.4 is 4.74 Å². The predicted octanol–water partition coefficient (Wildman–Crippen LogP) is 4.45. The number of carbonyl (C=O) groups excluding carboxylic acids is 1. The van der Waals surface area contributed by atoms with Crippen LogP contribution in [0.4, 0.5) is 0 Å². The van der Waals surface area contributed by atoms with Crippen molar-refractivity contribution in [2.24, 2.45) is 0 Å². The SMILES string of the molecule is COc1ccc(C(C#N)N2CCN(C(=O)c3sccc3-c3ccccc3)CC2)cc1. The molecule has 1 amide bonds.